The Bertz CT molecular complexity index is 1450. The third kappa shape index (κ3) is 4.21. The van der Waals surface area contributed by atoms with Gasteiger partial charge in [-0.25, -0.2) is 17.6 Å². The predicted octanol–water partition coefficient (Wildman–Crippen LogP) is 2.57. The average Bonchev–Trinajstić information content (AvgIpc) is 2.82. The molecule has 0 aliphatic carbocycles. The van der Waals surface area contributed by atoms with Gasteiger partial charge in [0.25, 0.3) is 0 Å². The second kappa shape index (κ2) is 9.80. The lowest BCUT2D eigenvalue weighted by Gasteiger charge is -2.14. The van der Waals surface area contributed by atoms with Crippen LogP contribution in [0.3, 0.4) is 0 Å². The number of allylic oxidation sites excluding steroid dienone is 2. The molecule has 0 aliphatic heterocycles. The van der Waals surface area contributed by atoms with Gasteiger partial charge in [-0.2, -0.15) is 26.3 Å². The standard InChI is InChI=1S/C23H10F4N6/c1-33(2)15-5-3-12(4-6-15)17(16(11-32)13(7-28)8-29)19-22(26)20(24)18(14(9-30)10-31)21(25)23(19)27/h3-6H,1-2H3. The molecule has 6 nitrogen and oxygen atoms in total. The van der Waals surface area contributed by atoms with E-state index in [-0.39, 0.29) is 5.56 Å². The van der Waals surface area contributed by atoms with E-state index in [9.17, 15) is 24.6 Å². The minimum atomic E-state index is -2.04. The van der Waals surface area contributed by atoms with Crippen molar-refractivity contribution in [1.29, 1.82) is 26.3 Å². The number of hydrogen-bond acceptors (Lipinski definition) is 6. The summed E-state index contributed by atoms with van der Waals surface area (Å²) >= 11 is 0. The van der Waals surface area contributed by atoms with E-state index in [0.717, 1.165) is 12.1 Å². The summed E-state index contributed by atoms with van der Waals surface area (Å²) < 4.78 is 59.7. The molecule has 0 aromatic heterocycles. The highest BCUT2D eigenvalue weighted by atomic mass is 19.2. The maximum absolute atomic E-state index is 15.1. The molecule has 0 saturated heterocycles. The quantitative estimate of drug-likeness (QED) is 0.406. The molecule has 0 spiro atoms. The molecule has 10 heteroatoms. The molecule has 0 N–H and O–H groups in total. The largest absolute Gasteiger partial charge is 0.378 e. The molecule has 0 radical (unpaired) electrons. The van der Waals surface area contributed by atoms with Crippen LogP contribution in [0, 0.1) is 79.9 Å². The van der Waals surface area contributed by atoms with E-state index in [1.165, 1.54) is 42.5 Å². The van der Waals surface area contributed by atoms with Crippen LogP contribution in [0.5, 0.6) is 0 Å². The van der Waals surface area contributed by atoms with Gasteiger partial charge in [-0.05, 0) is 17.7 Å². The fourth-order valence-corrected chi connectivity index (χ4v) is 2.92. The molecular weight excluding hydrogens is 436 g/mol. The van der Waals surface area contributed by atoms with Crippen LogP contribution in [0.2, 0.25) is 0 Å². The lowest BCUT2D eigenvalue weighted by atomic mass is 9.92. The summed E-state index contributed by atoms with van der Waals surface area (Å²) in [7, 11) is 3.40. The van der Waals surface area contributed by atoms with Gasteiger partial charge in [0.15, 0.2) is 23.3 Å². The van der Waals surface area contributed by atoms with Crippen molar-refractivity contribution in [1.82, 2.24) is 0 Å². The molecule has 0 heterocycles. The molecule has 0 saturated carbocycles. The van der Waals surface area contributed by atoms with Crippen molar-refractivity contribution in [2.75, 3.05) is 19.0 Å². The third-order valence-corrected chi connectivity index (χ3v) is 4.49. The molecule has 0 atom stereocenters. The first-order valence-corrected chi connectivity index (χ1v) is 8.81. The Hall–Kier alpha value is -5.11. The van der Waals surface area contributed by atoms with E-state index in [1.807, 2.05) is 0 Å². The minimum absolute atomic E-state index is 0.130. The monoisotopic (exact) mass is 446 g/mol. The first-order valence-electron chi connectivity index (χ1n) is 8.81. The zero-order chi connectivity index (χ0) is 24.9. The smallest absolute Gasteiger partial charge is 0.171 e. The SMILES string of the molecule is CN(C)c1ccc(C(C(C#N)=C(C#N)C#N)=c2c(F)c(F)c(=C(C#N)C#N)c(F)c2F)cc1. The Morgan fingerprint density at radius 2 is 1.12 bits per heavy atom. The van der Waals surface area contributed by atoms with E-state index < -0.39 is 56.0 Å². The Kier molecular flexibility index (Phi) is 7.17. The maximum atomic E-state index is 15.1. The highest BCUT2D eigenvalue weighted by Gasteiger charge is 2.26. The van der Waals surface area contributed by atoms with Crippen molar-refractivity contribution in [3.63, 3.8) is 0 Å². The van der Waals surface area contributed by atoms with Crippen molar-refractivity contribution in [3.05, 3.63) is 74.7 Å². The molecule has 33 heavy (non-hydrogen) atoms. The van der Waals surface area contributed by atoms with Gasteiger partial charge in [-0.3, -0.25) is 0 Å². The topological polar surface area (TPSA) is 122 Å². The van der Waals surface area contributed by atoms with Crippen LogP contribution in [0.15, 0.2) is 35.4 Å². The second-order valence-corrected chi connectivity index (χ2v) is 6.51. The fraction of sp³-hybridized carbons (Fsp3) is 0.0870. The van der Waals surface area contributed by atoms with Crippen LogP contribution in [0.25, 0.3) is 11.1 Å². The van der Waals surface area contributed by atoms with Crippen LogP contribution < -0.4 is 15.3 Å². The first-order chi connectivity index (χ1) is 15.7. The molecule has 0 fully saturated rings. The van der Waals surface area contributed by atoms with Crippen LogP contribution in [0.4, 0.5) is 23.2 Å². The first kappa shape index (κ1) is 24.2. The Labute approximate surface area is 185 Å². The number of anilines is 1. The van der Waals surface area contributed by atoms with E-state index >= 15 is 8.78 Å². The number of benzene rings is 2. The highest BCUT2D eigenvalue weighted by molar-refractivity contribution is 5.86. The summed E-state index contributed by atoms with van der Waals surface area (Å²) in [6.45, 7) is 0. The number of rotatable bonds is 3. The van der Waals surface area contributed by atoms with Gasteiger partial charge in [0, 0.05) is 25.4 Å². The van der Waals surface area contributed by atoms with Crippen LogP contribution in [-0.4, -0.2) is 14.1 Å². The molecule has 2 rings (SSSR count). The molecule has 0 unspecified atom stereocenters. The molecule has 2 aromatic carbocycles. The number of hydrogen-bond donors (Lipinski definition) is 0. The van der Waals surface area contributed by atoms with Crippen LogP contribution >= 0.6 is 0 Å². The second-order valence-electron chi connectivity index (χ2n) is 6.51. The fourth-order valence-electron chi connectivity index (χ4n) is 2.92. The highest BCUT2D eigenvalue weighted by Crippen LogP contribution is 2.26. The molecule has 0 bridgehead atoms. The minimum Gasteiger partial charge on any atom is -0.378 e. The Morgan fingerprint density at radius 3 is 1.48 bits per heavy atom. The predicted molar refractivity (Wildman–Crippen MR) is 107 cm³/mol. The number of nitriles is 5. The lowest BCUT2D eigenvalue weighted by molar-refractivity contribution is 0.434. The van der Waals surface area contributed by atoms with Gasteiger partial charge in [-0.1, -0.05) is 12.1 Å². The summed E-state index contributed by atoms with van der Waals surface area (Å²) in [5, 5.41) is 42.9. The normalized spacial score (nSPS) is 9.36. The average molecular weight is 446 g/mol. The zero-order valence-corrected chi connectivity index (χ0v) is 17.0. The van der Waals surface area contributed by atoms with E-state index in [2.05, 4.69) is 0 Å². The van der Waals surface area contributed by atoms with Crippen molar-refractivity contribution < 1.29 is 17.6 Å². The molecule has 160 valence electrons. The van der Waals surface area contributed by atoms with Gasteiger partial charge in [0.05, 0.1) is 16.0 Å². The van der Waals surface area contributed by atoms with Crippen LogP contribution in [-0.2, 0) is 0 Å². The number of halogens is 4. The Balaban J connectivity index is 3.33. The van der Waals surface area contributed by atoms with Gasteiger partial charge < -0.3 is 4.90 Å². The molecular formula is C23H10F4N6. The zero-order valence-electron chi connectivity index (χ0n) is 17.0. The summed E-state index contributed by atoms with van der Waals surface area (Å²) in [5.41, 5.74) is -3.15. The summed E-state index contributed by atoms with van der Waals surface area (Å²) in [5.74, 6) is -8.11. The van der Waals surface area contributed by atoms with Gasteiger partial charge in [-0.15, -0.1) is 0 Å². The van der Waals surface area contributed by atoms with Crippen molar-refractivity contribution in [2.24, 2.45) is 0 Å². The van der Waals surface area contributed by atoms with Gasteiger partial charge >= 0.3 is 0 Å². The Morgan fingerprint density at radius 1 is 0.667 bits per heavy atom. The molecule has 0 aliphatic rings. The summed E-state index contributed by atoms with van der Waals surface area (Å²) in [4.78, 5) is 1.68. The van der Waals surface area contributed by atoms with Crippen molar-refractivity contribution >= 4 is 16.8 Å². The summed E-state index contributed by atoms with van der Waals surface area (Å²) in [6, 6.07) is 12.1. The summed E-state index contributed by atoms with van der Waals surface area (Å²) in [6.07, 6.45) is 0. The van der Waals surface area contributed by atoms with E-state index in [1.54, 1.807) is 19.0 Å². The van der Waals surface area contributed by atoms with E-state index in [4.69, 9.17) is 10.5 Å². The molecule has 0 amide bonds. The van der Waals surface area contributed by atoms with Crippen molar-refractivity contribution in [2.45, 2.75) is 0 Å². The number of nitrogens with zero attached hydrogens (tertiary/aromatic N) is 6. The lowest BCUT2D eigenvalue weighted by Crippen LogP contribution is -2.32. The van der Waals surface area contributed by atoms with Gasteiger partial charge in [0.1, 0.15) is 41.5 Å². The third-order valence-electron chi connectivity index (χ3n) is 4.49. The van der Waals surface area contributed by atoms with Gasteiger partial charge in [0.2, 0.25) is 0 Å². The van der Waals surface area contributed by atoms with Crippen LogP contribution in [0.1, 0.15) is 5.56 Å². The van der Waals surface area contributed by atoms with Crippen molar-refractivity contribution in [3.8, 4) is 30.3 Å². The maximum Gasteiger partial charge on any atom is 0.171 e. The van der Waals surface area contributed by atoms with E-state index in [0.29, 0.717) is 5.69 Å². The molecule has 2 aromatic rings.